The maximum atomic E-state index is 6.09. The van der Waals surface area contributed by atoms with E-state index in [0.717, 1.165) is 52.1 Å². The molecule has 0 atom stereocenters. The highest BCUT2D eigenvalue weighted by atomic mass is 35.5. The number of hydrogen-bond donors (Lipinski definition) is 1. The van der Waals surface area contributed by atoms with Crippen molar-refractivity contribution < 1.29 is 4.74 Å². The van der Waals surface area contributed by atoms with Gasteiger partial charge in [0.15, 0.2) is 0 Å². The third kappa shape index (κ3) is 5.31. The first-order valence-corrected chi connectivity index (χ1v) is 11.1. The zero-order valence-electron chi connectivity index (χ0n) is 17.2. The van der Waals surface area contributed by atoms with Crippen LogP contribution in [0.2, 0.25) is 5.02 Å². The monoisotopic (exact) mass is 451 g/mol. The number of aryl methyl sites for hydroxylation is 1. The van der Waals surface area contributed by atoms with E-state index in [2.05, 4.69) is 21.6 Å². The molecule has 0 bridgehead atoms. The van der Waals surface area contributed by atoms with E-state index < -0.39 is 0 Å². The van der Waals surface area contributed by atoms with E-state index in [0.29, 0.717) is 5.02 Å². The van der Waals surface area contributed by atoms with E-state index in [1.807, 2.05) is 65.5 Å². The van der Waals surface area contributed by atoms with Gasteiger partial charge in [-0.1, -0.05) is 23.7 Å². The number of benzene rings is 2. The third-order valence-electron chi connectivity index (χ3n) is 4.73. The number of nitrogens with zero attached hydrogens (tertiary/aromatic N) is 4. The lowest BCUT2D eigenvalue weighted by atomic mass is 10.1. The Morgan fingerprint density at radius 3 is 2.61 bits per heavy atom. The normalized spacial score (nSPS) is 11.5. The average Bonchev–Trinajstić information content (AvgIpc) is 3.47. The molecule has 4 aromatic rings. The SMILES string of the molecule is COc1ccc(-n2nc(CCC(C)=NNc3nccs3)cc2-c2ccc(Cl)cc2)cc1. The predicted octanol–water partition coefficient (Wildman–Crippen LogP) is 6.08. The summed E-state index contributed by atoms with van der Waals surface area (Å²) in [5, 5.41) is 12.7. The minimum atomic E-state index is 0.707. The van der Waals surface area contributed by atoms with Crippen LogP contribution in [0.5, 0.6) is 5.75 Å². The molecule has 158 valence electrons. The minimum absolute atomic E-state index is 0.707. The predicted molar refractivity (Wildman–Crippen MR) is 128 cm³/mol. The number of anilines is 1. The number of ether oxygens (including phenoxy) is 1. The van der Waals surface area contributed by atoms with Crippen LogP contribution in [0.1, 0.15) is 19.0 Å². The standard InChI is InChI=1S/C23H22ClN5OS/c1-16(26-27-23-25-13-14-31-23)3-8-19-15-22(17-4-6-18(24)7-5-17)29(28-19)20-9-11-21(30-2)12-10-20/h4-7,9-15H,3,8H2,1-2H3,(H,25,27). The molecule has 31 heavy (non-hydrogen) atoms. The molecule has 4 rings (SSSR count). The van der Waals surface area contributed by atoms with Crippen molar-refractivity contribution in [3.05, 3.63) is 76.9 Å². The van der Waals surface area contributed by atoms with Crippen molar-refractivity contribution >= 4 is 33.8 Å². The first kappa shape index (κ1) is 21.1. The van der Waals surface area contributed by atoms with Crippen molar-refractivity contribution in [3.63, 3.8) is 0 Å². The van der Waals surface area contributed by atoms with E-state index in [-0.39, 0.29) is 0 Å². The summed E-state index contributed by atoms with van der Waals surface area (Å²) in [5.41, 5.74) is 7.99. The van der Waals surface area contributed by atoms with Crippen molar-refractivity contribution in [1.29, 1.82) is 0 Å². The molecule has 0 spiro atoms. The maximum Gasteiger partial charge on any atom is 0.203 e. The zero-order chi connectivity index (χ0) is 21.6. The molecule has 6 nitrogen and oxygen atoms in total. The van der Waals surface area contributed by atoms with Gasteiger partial charge in [0, 0.05) is 27.9 Å². The summed E-state index contributed by atoms with van der Waals surface area (Å²) in [5.74, 6) is 0.809. The molecule has 2 aromatic heterocycles. The Bertz CT molecular complexity index is 1150. The summed E-state index contributed by atoms with van der Waals surface area (Å²) < 4.78 is 7.24. The number of nitrogens with one attached hydrogen (secondary N) is 1. The Balaban J connectivity index is 1.58. The van der Waals surface area contributed by atoms with Crippen LogP contribution in [-0.2, 0) is 6.42 Å². The van der Waals surface area contributed by atoms with E-state index in [9.17, 15) is 0 Å². The second-order valence-corrected chi connectivity index (χ2v) is 8.26. The summed E-state index contributed by atoms with van der Waals surface area (Å²) in [7, 11) is 1.66. The molecule has 0 amide bonds. The summed E-state index contributed by atoms with van der Waals surface area (Å²) in [4.78, 5) is 4.17. The Morgan fingerprint density at radius 1 is 1.16 bits per heavy atom. The number of hydrogen-bond acceptors (Lipinski definition) is 6. The Kier molecular flexibility index (Phi) is 6.64. The van der Waals surface area contributed by atoms with E-state index >= 15 is 0 Å². The van der Waals surface area contributed by atoms with Gasteiger partial charge in [0.05, 0.1) is 24.2 Å². The van der Waals surface area contributed by atoms with Crippen LogP contribution in [0.4, 0.5) is 5.13 Å². The summed E-state index contributed by atoms with van der Waals surface area (Å²) in [6.45, 7) is 2.00. The molecule has 0 radical (unpaired) electrons. The van der Waals surface area contributed by atoms with Crippen molar-refractivity contribution in [3.8, 4) is 22.7 Å². The number of methoxy groups -OCH3 is 1. The number of rotatable bonds is 8. The molecule has 0 aliphatic heterocycles. The highest BCUT2D eigenvalue weighted by Gasteiger charge is 2.12. The molecule has 2 heterocycles. The molecule has 0 saturated heterocycles. The first-order valence-electron chi connectivity index (χ1n) is 9.80. The van der Waals surface area contributed by atoms with Crippen molar-refractivity contribution in [2.75, 3.05) is 12.5 Å². The van der Waals surface area contributed by atoms with Gasteiger partial charge < -0.3 is 4.74 Å². The lowest BCUT2D eigenvalue weighted by Crippen LogP contribution is -2.02. The fraction of sp³-hybridized carbons (Fsp3) is 0.174. The zero-order valence-corrected chi connectivity index (χ0v) is 18.8. The van der Waals surface area contributed by atoms with Crippen LogP contribution >= 0.6 is 22.9 Å². The average molecular weight is 452 g/mol. The van der Waals surface area contributed by atoms with Crippen molar-refractivity contribution in [1.82, 2.24) is 14.8 Å². The van der Waals surface area contributed by atoms with Crippen molar-refractivity contribution in [2.24, 2.45) is 5.10 Å². The molecular formula is C23H22ClN5OS. The number of hydrazone groups is 1. The van der Waals surface area contributed by atoms with Crippen LogP contribution in [0.15, 0.2) is 71.3 Å². The van der Waals surface area contributed by atoms with Crippen LogP contribution < -0.4 is 10.2 Å². The molecule has 0 aliphatic carbocycles. The van der Waals surface area contributed by atoms with Gasteiger partial charge >= 0.3 is 0 Å². The second kappa shape index (κ2) is 9.76. The molecule has 1 N–H and O–H groups in total. The highest BCUT2D eigenvalue weighted by Crippen LogP contribution is 2.27. The van der Waals surface area contributed by atoms with Crippen LogP contribution in [-0.4, -0.2) is 27.6 Å². The van der Waals surface area contributed by atoms with Gasteiger partial charge in [0.25, 0.3) is 0 Å². The molecule has 2 aromatic carbocycles. The first-order chi connectivity index (χ1) is 15.1. The fourth-order valence-electron chi connectivity index (χ4n) is 3.09. The Morgan fingerprint density at radius 2 is 1.94 bits per heavy atom. The minimum Gasteiger partial charge on any atom is -0.497 e. The third-order valence-corrected chi connectivity index (χ3v) is 5.66. The van der Waals surface area contributed by atoms with Crippen LogP contribution in [0.25, 0.3) is 16.9 Å². The highest BCUT2D eigenvalue weighted by molar-refractivity contribution is 7.13. The number of halogens is 1. The Labute approximate surface area is 190 Å². The van der Waals surface area contributed by atoms with Gasteiger partial charge in [-0.05, 0) is 62.2 Å². The van der Waals surface area contributed by atoms with E-state index in [1.54, 1.807) is 13.3 Å². The lowest BCUT2D eigenvalue weighted by Gasteiger charge is -2.08. The van der Waals surface area contributed by atoms with Gasteiger partial charge in [0.1, 0.15) is 5.75 Å². The summed E-state index contributed by atoms with van der Waals surface area (Å²) in [6.07, 6.45) is 3.32. The molecule has 0 saturated carbocycles. The summed E-state index contributed by atoms with van der Waals surface area (Å²) >= 11 is 7.61. The van der Waals surface area contributed by atoms with Crippen molar-refractivity contribution in [2.45, 2.75) is 19.8 Å². The maximum absolute atomic E-state index is 6.09. The Hall–Kier alpha value is -3.16. The fourth-order valence-corrected chi connectivity index (χ4v) is 3.68. The van der Waals surface area contributed by atoms with Gasteiger partial charge in [-0.2, -0.15) is 10.2 Å². The molecule has 0 fully saturated rings. The lowest BCUT2D eigenvalue weighted by molar-refractivity contribution is 0.414. The van der Waals surface area contributed by atoms with Gasteiger partial charge in [0.2, 0.25) is 5.13 Å². The molecule has 8 heteroatoms. The second-order valence-electron chi connectivity index (χ2n) is 6.93. The summed E-state index contributed by atoms with van der Waals surface area (Å²) in [6, 6.07) is 17.8. The topological polar surface area (TPSA) is 64.3 Å². The quantitative estimate of drug-likeness (QED) is 0.260. The van der Waals surface area contributed by atoms with Crippen LogP contribution in [0, 0.1) is 0 Å². The molecule has 0 unspecified atom stereocenters. The van der Waals surface area contributed by atoms with E-state index in [1.165, 1.54) is 11.3 Å². The van der Waals surface area contributed by atoms with E-state index in [4.69, 9.17) is 21.4 Å². The number of aromatic nitrogens is 3. The van der Waals surface area contributed by atoms with Crippen LogP contribution in [0.3, 0.4) is 0 Å². The van der Waals surface area contributed by atoms with Gasteiger partial charge in [-0.3, -0.25) is 5.43 Å². The smallest absolute Gasteiger partial charge is 0.203 e. The van der Waals surface area contributed by atoms with Gasteiger partial charge in [-0.15, -0.1) is 11.3 Å². The largest absolute Gasteiger partial charge is 0.497 e. The molecule has 0 aliphatic rings. The molecular weight excluding hydrogens is 430 g/mol. The van der Waals surface area contributed by atoms with Gasteiger partial charge in [-0.25, -0.2) is 9.67 Å². The number of thiazole rings is 1.